The number of hydrogen-bond donors (Lipinski definition) is 2. The fourth-order valence-corrected chi connectivity index (χ4v) is 1.79. The number of amides is 2. The summed E-state index contributed by atoms with van der Waals surface area (Å²) < 4.78 is 0. The van der Waals surface area contributed by atoms with Crippen LogP contribution in [0, 0.1) is 0 Å². The molecule has 2 aromatic rings. The summed E-state index contributed by atoms with van der Waals surface area (Å²) >= 11 is 5.79. The number of hydrazine groups is 1. The molecular weight excluding hydrogens is 288 g/mol. The maximum Gasteiger partial charge on any atom is 0.269 e. The number of carbonyl (C=O) groups excluding carboxylic acids is 2. The minimum absolute atomic E-state index is 0.370. The Morgan fingerprint density at radius 3 is 2.43 bits per heavy atom. The third-order valence-corrected chi connectivity index (χ3v) is 2.85. The highest BCUT2D eigenvalue weighted by Gasteiger charge is 2.05. The fourth-order valence-electron chi connectivity index (χ4n) is 1.60. The van der Waals surface area contributed by atoms with Gasteiger partial charge in [0.15, 0.2) is 0 Å². The van der Waals surface area contributed by atoms with E-state index < -0.39 is 11.8 Å². The zero-order valence-corrected chi connectivity index (χ0v) is 11.8. The lowest BCUT2D eigenvalue weighted by atomic mass is 10.2. The summed E-state index contributed by atoms with van der Waals surface area (Å²) in [6.45, 7) is 0. The molecule has 2 aromatic carbocycles. The molecule has 0 atom stereocenters. The van der Waals surface area contributed by atoms with Crippen molar-refractivity contribution in [3.63, 3.8) is 0 Å². The molecule has 0 bridgehead atoms. The third kappa shape index (κ3) is 4.78. The Kier molecular flexibility index (Phi) is 5.12. The molecule has 2 N–H and O–H groups in total. The van der Waals surface area contributed by atoms with Crippen molar-refractivity contribution in [1.29, 1.82) is 0 Å². The molecule has 0 heterocycles. The van der Waals surface area contributed by atoms with E-state index in [1.165, 1.54) is 12.1 Å². The SMILES string of the molecule is O=C(C=Cc1ccccc1)NNC(=O)c1cccc(Cl)c1. The summed E-state index contributed by atoms with van der Waals surface area (Å²) in [4.78, 5) is 23.3. The van der Waals surface area contributed by atoms with E-state index in [0.717, 1.165) is 5.56 Å². The molecule has 0 fully saturated rings. The molecule has 2 rings (SSSR count). The second-order valence-electron chi connectivity index (χ2n) is 4.20. The largest absolute Gasteiger partial charge is 0.269 e. The molecule has 0 radical (unpaired) electrons. The number of halogens is 1. The molecule has 2 amide bonds. The van der Waals surface area contributed by atoms with Crippen LogP contribution in [0.4, 0.5) is 0 Å². The van der Waals surface area contributed by atoms with Crippen molar-refractivity contribution in [3.05, 3.63) is 76.8 Å². The van der Waals surface area contributed by atoms with Crippen LogP contribution in [-0.2, 0) is 4.79 Å². The first-order valence-corrected chi connectivity index (χ1v) is 6.62. The van der Waals surface area contributed by atoms with Crippen molar-refractivity contribution in [1.82, 2.24) is 10.9 Å². The van der Waals surface area contributed by atoms with Crippen molar-refractivity contribution in [3.8, 4) is 0 Å². The van der Waals surface area contributed by atoms with E-state index in [4.69, 9.17) is 11.6 Å². The fraction of sp³-hybridized carbons (Fsp3) is 0. The molecule has 4 nitrogen and oxygen atoms in total. The first-order valence-electron chi connectivity index (χ1n) is 6.24. The van der Waals surface area contributed by atoms with Gasteiger partial charge in [-0.3, -0.25) is 20.4 Å². The second kappa shape index (κ2) is 7.26. The van der Waals surface area contributed by atoms with Gasteiger partial charge in [0.1, 0.15) is 0 Å². The van der Waals surface area contributed by atoms with Crippen molar-refractivity contribution >= 4 is 29.5 Å². The van der Waals surface area contributed by atoms with Gasteiger partial charge in [-0.15, -0.1) is 0 Å². The second-order valence-corrected chi connectivity index (χ2v) is 4.63. The van der Waals surface area contributed by atoms with Crippen LogP contribution in [0.1, 0.15) is 15.9 Å². The summed E-state index contributed by atoms with van der Waals surface area (Å²) in [6, 6.07) is 15.8. The van der Waals surface area contributed by atoms with Crippen LogP contribution in [0.25, 0.3) is 6.08 Å². The van der Waals surface area contributed by atoms with E-state index in [-0.39, 0.29) is 0 Å². The Balaban J connectivity index is 1.87. The maximum absolute atomic E-state index is 11.8. The average molecular weight is 301 g/mol. The van der Waals surface area contributed by atoms with E-state index >= 15 is 0 Å². The van der Waals surface area contributed by atoms with Gasteiger partial charge < -0.3 is 0 Å². The smallest absolute Gasteiger partial charge is 0.268 e. The molecule has 0 spiro atoms. The number of benzene rings is 2. The molecule has 0 aromatic heterocycles. The van der Waals surface area contributed by atoms with Crippen LogP contribution in [0.3, 0.4) is 0 Å². The Morgan fingerprint density at radius 2 is 1.71 bits per heavy atom. The first-order chi connectivity index (χ1) is 10.1. The topological polar surface area (TPSA) is 58.2 Å². The third-order valence-electron chi connectivity index (χ3n) is 2.61. The average Bonchev–Trinajstić information content (AvgIpc) is 2.51. The Bertz CT molecular complexity index is 669. The van der Waals surface area contributed by atoms with Gasteiger partial charge in [0.2, 0.25) is 0 Å². The van der Waals surface area contributed by atoms with Crippen molar-refractivity contribution in [2.75, 3.05) is 0 Å². The van der Waals surface area contributed by atoms with Crippen LogP contribution < -0.4 is 10.9 Å². The zero-order chi connectivity index (χ0) is 15.1. The van der Waals surface area contributed by atoms with Crippen molar-refractivity contribution in [2.45, 2.75) is 0 Å². The van der Waals surface area contributed by atoms with Crippen LogP contribution in [0.15, 0.2) is 60.7 Å². The van der Waals surface area contributed by atoms with Crippen LogP contribution in [0.5, 0.6) is 0 Å². The normalized spacial score (nSPS) is 10.3. The van der Waals surface area contributed by atoms with Crippen LogP contribution in [-0.4, -0.2) is 11.8 Å². The number of carbonyl (C=O) groups is 2. The number of rotatable bonds is 3. The molecule has 21 heavy (non-hydrogen) atoms. The Hall–Kier alpha value is -2.59. The van der Waals surface area contributed by atoms with Crippen LogP contribution >= 0.6 is 11.6 Å². The van der Waals surface area contributed by atoms with E-state index in [0.29, 0.717) is 10.6 Å². The molecule has 0 unspecified atom stereocenters. The summed E-state index contributed by atoms with van der Waals surface area (Å²) in [5, 5.41) is 0.456. The quantitative estimate of drug-likeness (QED) is 0.676. The summed E-state index contributed by atoms with van der Waals surface area (Å²) in [5.41, 5.74) is 5.88. The van der Waals surface area contributed by atoms with Gasteiger partial charge in [-0.2, -0.15) is 0 Å². The predicted molar refractivity (Wildman–Crippen MR) is 82.5 cm³/mol. The predicted octanol–water partition coefficient (Wildman–Crippen LogP) is 2.81. The maximum atomic E-state index is 11.8. The lowest BCUT2D eigenvalue weighted by molar-refractivity contribution is -0.117. The van der Waals surface area contributed by atoms with E-state index in [1.807, 2.05) is 30.3 Å². The minimum atomic E-state index is -0.432. The van der Waals surface area contributed by atoms with Gasteiger partial charge >= 0.3 is 0 Å². The molecule has 0 saturated carbocycles. The van der Waals surface area contributed by atoms with Crippen molar-refractivity contribution < 1.29 is 9.59 Å². The molecule has 0 aliphatic rings. The highest BCUT2D eigenvalue weighted by molar-refractivity contribution is 6.30. The monoisotopic (exact) mass is 300 g/mol. The van der Waals surface area contributed by atoms with Gasteiger partial charge in [-0.25, -0.2) is 0 Å². The number of nitrogens with one attached hydrogen (secondary N) is 2. The van der Waals surface area contributed by atoms with E-state index in [1.54, 1.807) is 24.3 Å². The van der Waals surface area contributed by atoms with Crippen molar-refractivity contribution in [2.24, 2.45) is 0 Å². The molecule has 0 aliphatic heterocycles. The first kappa shape index (κ1) is 14.8. The van der Waals surface area contributed by atoms with E-state index in [2.05, 4.69) is 10.9 Å². The lowest BCUT2D eigenvalue weighted by Crippen LogP contribution is -2.40. The zero-order valence-electron chi connectivity index (χ0n) is 11.0. The number of hydrogen-bond acceptors (Lipinski definition) is 2. The minimum Gasteiger partial charge on any atom is -0.268 e. The summed E-state index contributed by atoms with van der Waals surface area (Å²) in [6.07, 6.45) is 2.99. The summed E-state index contributed by atoms with van der Waals surface area (Å²) in [7, 11) is 0. The lowest BCUT2D eigenvalue weighted by Gasteiger charge is -2.05. The van der Waals surface area contributed by atoms with E-state index in [9.17, 15) is 9.59 Å². The molecule has 0 aliphatic carbocycles. The van der Waals surface area contributed by atoms with Gasteiger partial charge in [-0.1, -0.05) is 48.0 Å². The Labute approximate surface area is 127 Å². The van der Waals surface area contributed by atoms with Gasteiger partial charge in [0, 0.05) is 16.7 Å². The molecule has 0 saturated heterocycles. The summed E-state index contributed by atoms with van der Waals surface area (Å²) in [5.74, 6) is -0.854. The van der Waals surface area contributed by atoms with Gasteiger partial charge in [0.05, 0.1) is 0 Å². The molecule has 106 valence electrons. The highest BCUT2D eigenvalue weighted by Crippen LogP contribution is 2.10. The van der Waals surface area contributed by atoms with Gasteiger partial charge in [-0.05, 0) is 29.8 Å². The highest BCUT2D eigenvalue weighted by atomic mass is 35.5. The molecule has 5 heteroatoms. The standard InChI is InChI=1S/C16H13ClN2O2/c17-14-8-4-7-13(11-14)16(21)19-18-15(20)10-9-12-5-2-1-3-6-12/h1-11H,(H,18,20)(H,19,21). The van der Waals surface area contributed by atoms with Gasteiger partial charge in [0.25, 0.3) is 11.8 Å². The van der Waals surface area contributed by atoms with Crippen LogP contribution in [0.2, 0.25) is 5.02 Å². The Morgan fingerprint density at radius 1 is 0.952 bits per heavy atom. The molecular formula is C16H13ClN2O2.